The molecule has 4 aliphatic carbocycles. The van der Waals surface area contributed by atoms with Crippen molar-refractivity contribution in [3.05, 3.63) is 61.3 Å². The summed E-state index contributed by atoms with van der Waals surface area (Å²) < 4.78 is 7.89. The number of hydrogen-bond donors (Lipinski definition) is 10. The van der Waals surface area contributed by atoms with E-state index in [1.54, 1.807) is 6.92 Å². The first-order valence-corrected chi connectivity index (χ1v) is 19.0. The molecular weight excluding hydrogens is 720 g/mol. The first-order chi connectivity index (χ1) is 25.8. The smallest absolute Gasteiger partial charge is 0.330 e. The van der Waals surface area contributed by atoms with Crippen LogP contribution in [-0.4, -0.2) is 111 Å². The Kier molecular flexibility index (Phi) is 12.6. The molecule has 12 atom stereocenters. The third-order valence-electron chi connectivity index (χ3n) is 14.1. The largest absolute Gasteiger partial charge is 0.503 e. The predicted octanol–water partition coefficient (Wildman–Crippen LogP) is -0.463. The number of carbonyl (C=O) groups is 1. The van der Waals surface area contributed by atoms with Crippen molar-refractivity contribution >= 4 is 5.97 Å². The number of aliphatic carboxylic acids is 1. The third kappa shape index (κ3) is 7.82. The number of nitrogens with two attached hydrogens (primary N) is 1. The lowest BCUT2D eigenvalue weighted by Crippen LogP contribution is -2.63. The van der Waals surface area contributed by atoms with Crippen LogP contribution in [0, 0.1) is 40.9 Å². The van der Waals surface area contributed by atoms with Gasteiger partial charge in [0.2, 0.25) is 5.43 Å². The minimum atomic E-state index is -1.14. The Morgan fingerprint density at radius 1 is 1.02 bits per heavy atom. The summed E-state index contributed by atoms with van der Waals surface area (Å²) in [5, 5.41) is 77.4. The van der Waals surface area contributed by atoms with Crippen LogP contribution in [0.1, 0.15) is 83.4 Å². The summed E-state index contributed by atoms with van der Waals surface area (Å²) in [6.45, 7) is 5.69. The van der Waals surface area contributed by atoms with E-state index in [0.717, 1.165) is 57.2 Å². The molecule has 2 aromatic rings. The average Bonchev–Trinajstić information content (AvgIpc) is 3.71. The first-order valence-electron chi connectivity index (χ1n) is 19.0. The highest BCUT2D eigenvalue weighted by molar-refractivity contribution is 5.72. The fourth-order valence-electron chi connectivity index (χ4n) is 10.7. The number of carboxylic acid groups (broad SMARTS) is 1. The second kappa shape index (κ2) is 16.2. The highest BCUT2D eigenvalue weighted by atomic mass is 16.5. The number of aromatic hydroxyl groups is 1. The van der Waals surface area contributed by atoms with Gasteiger partial charge in [0.25, 0.3) is 5.56 Å². The number of aliphatic hydroxyl groups is 6. The first kappa shape index (κ1) is 42.7. The van der Waals surface area contributed by atoms with Gasteiger partial charge >= 0.3 is 11.7 Å². The summed E-state index contributed by atoms with van der Waals surface area (Å²) in [6.07, 6.45) is 9.26. The predicted molar refractivity (Wildman–Crippen MR) is 197 cm³/mol. The van der Waals surface area contributed by atoms with E-state index < -0.39 is 70.0 Å². The Morgan fingerprint density at radius 2 is 1.73 bits per heavy atom. The van der Waals surface area contributed by atoms with E-state index in [2.05, 4.69) is 18.8 Å². The van der Waals surface area contributed by atoms with Crippen LogP contribution in [0.15, 0.2) is 39.0 Å². The summed E-state index contributed by atoms with van der Waals surface area (Å²) in [6, 6.07) is 0.0843. The molecule has 17 nitrogen and oxygen atoms in total. The van der Waals surface area contributed by atoms with E-state index in [0.29, 0.717) is 23.8 Å². The lowest BCUT2D eigenvalue weighted by atomic mass is 9.39. The van der Waals surface area contributed by atoms with Gasteiger partial charge in [-0.2, -0.15) is 0 Å². The Labute approximate surface area is 318 Å². The van der Waals surface area contributed by atoms with Gasteiger partial charge in [-0.3, -0.25) is 23.9 Å². The monoisotopic (exact) mass is 778 g/mol. The molecule has 1 aliphatic heterocycles. The maximum Gasteiger partial charge on any atom is 0.330 e. The normalized spacial score (nSPS) is 38.0. The van der Waals surface area contributed by atoms with Crippen molar-refractivity contribution in [2.45, 2.75) is 121 Å². The van der Waals surface area contributed by atoms with E-state index in [9.17, 15) is 44.7 Å². The number of aliphatic hydroxyl groups excluding tert-OH is 5. The highest BCUT2D eigenvalue weighted by Crippen LogP contribution is 2.75. The Morgan fingerprint density at radius 3 is 2.33 bits per heavy atom. The number of aryl methyl sites for hydroxylation is 1. The summed E-state index contributed by atoms with van der Waals surface area (Å²) in [7, 11) is 0. The van der Waals surface area contributed by atoms with Crippen molar-refractivity contribution in [1.82, 2.24) is 14.1 Å². The molecule has 1 spiro atoms. The minimum Gasteiger partial charge on any atom is -0.503 e. The number of aromatic nitrogens is 3. The van der Waals surface area contributed by atoms with Crippen LogP contribution in [0.3, 0.4) is 0 Å². The molecule has 4 saturated carbocycles. The summed E-state index contributed by atoms with van der Waals surface area (Å²) in [4.78, 5) is 46.1. The van der Waals surface area contributed by atoms with Crippen molar-refractivity contribution in [2.24, 2.45) is 39.7 Å². The average molecular weight is 779 g/mol. The fourth-order valence-corrected chi connectivity index (χ4v) is 10.7. The molecule has 3 heterocycles. The number of ether oxygens (including phenoxy) is 1. The number of fused-ring (bicyclic) bond motifs is 2. The Bertz CT molecular complexity index is 1870. The molecule has 5 aliphatic rings. The van der Waals surface area contributed by atoms with Crippen molar-refractivity contribution < 1.29 is 50.4 Å². The summed E-state index contributed by atoms with van der Waals surface area (Å²) in [5.74, 6) is -0.381. The number of nitrogens with one attached hydrogen (secondary N) is 1. The molecule has 0 aromatic carbocycles. The van der Waals surface area contributed by atoms with Gasteiger partial charge in [0.1, 0.15) is 18.4 Å². The van der Waals surface area contributed by atoms with Gasteiger partial charge in [-0.25, -0.2) is 4.79 Å². The van der Waals surface area contributed by atoms with Crippen molar-refractivity contribution in [2.75, 3.05) is 19.8 Å². The number of H-pyrrole nitrogens is 1. The molecule has 2 bridgehead atoms. The zero-order valence-corrected chi connectivity index (χ0v) is 31.7. The van der Waals surface area contributed by atoms with Crippen LogP contribution in [0.5, 0.6) is 5.75 Å². The topological polar surface area (TPSA) is 291 Å². The molecule has 5 fully saturated rings. The van der Waals surface area contributed by atoms with Gasteiger partial charge in [0.15, 0.2) is 5.75 Å². The molecule has 7 rings (SSSR count). The van der Waals surface area contributed by atoms with Crippen LogP contribution in [0.2, 0.25) is 0 Å². The molecule has 55 heavy (non-hydrogen) atoms. The van der Waals surface area contributed by atoms with Crippen LogP contribution in [0.25, 0.3) is 0 Å². The highest BCUT2D eigenvalue weighted by Gasteiger charge is 2.70. The van der Waals surface area contributed by atoms with Gasteiger partial charge in [-0.15, -0.1) is 0 Å². The Hall–Kier alpha value is -3.42. The maximum absolute atomic E-state index is 11.6. The summed E-state index contributed by atoms with van der Waals surface area (Å²) in [5.41, 5.74) is 3.15. The summed E-state index contributed by atoms with van der Waals surface area (Å²) >= 11 is 0. The second-order valence-corrected chi connectivity index (χ2v) is 16.9. The minimum absolute atomic E-state index is 0.00315. The van der Waals surface area contributed by atoms with Crippen LogP contribution < -0.4 is 22.4 Å². The maximum atomic E-state index is 11.6. The molecule has 0 amide bonds. The molecule has 1 saturated heterocycles. The standard InChI is InChI=1S/C20H34O4.C10H14N2O5.C8H10N2O4/c1-17(11-21)15-4-3-13-9-14-10-19(13,7-8-20(14,24)12-22)18(15,2)6-5-16(17)23;1-5-3-12(10(16)11-9(5)15)8-2-6(14)7(4-13)17-8;9-5(8(13)14)3-10-2-1-6(11)7(12)4-10/h13-16,21-24H,3-12H2,1-2H3;3,6-8,13-14H,2,4H2,1H3,(H,11,15,16);1-2,4-5,12H,3,9H2,(H,13,14)/t13-,14+,15-,16+,17-,18-,19-,20-;6-,7+,8+;5-/m000/s1. The van der Waals surface area contributed by atoms with Gasteiger partial charge < -0.3 is 55.9 Å². The number of hydrogen-bond acceptors (Lipinski definition) is 13. The van der Waals surface area contributed by atoms with E-state index in [1.165, 1.54) is 21.5 Å². The zero-order chi connectivity index (χ0) is 40.7. The van der Waals surface area contributed by atoms with Gasteiger partial charge in [-0.05, 0) is 86.9 Å². The van der Waals surface area contributed by atoms with Crippen molar-refractivity contribution in [3.8, 4) is 5.75 Å². The molecule has 0 unspecified atom stereocenters. The molecule has 11 N–H and O–H groups in total. The Balaban J connectivity index is 0.000000166. The van der Waals surface area contributed by atoms with E-state index in [1.807, 2.05) is 0 Å². The van der Waals surface area contributed by atoms with Crippen LogP contribution in [-0.2, 0) is 16.1 Å². The molecular formula is C38H58N4O13. The molecule has 0 radical (unpaired) electrons. The lowest BCUT2D eigenvalue weighted by Gasteiger charge is -2.66. The zero-order valence-electron chi connectivity index (χ0n) is 31.7. The second-order valence-electron chi connectivity index (χ2n) is 16.9. The number of carboxylic acids is 1. The number of aromatic amines is 1. The van der Waals surface area contributed by atoms with Crippen LogP contribution >= 0.6 is 0 Å². The van der Waals surface area contributed by atoms with Gasteiger partial charge in [-0.1, -0.05) is 13.8 Å². The number of nitrogens with zero attached hydrogens (tertiary/aromatic N) is 2. The van der Waals surface area contributed by atoms with Crippen molar-refractivity contribution in [3.63, 3.8) is 0 Å². The SMILES string of the molecule is C[C@@]1(CO)[C@H](O)CC[C@@]2(C)[C@H]1CC[C@H]1C[C@@H]3C[C@@]12CC[C@]3(O)CO.Cc1cn([C@H]2C[C@H](O)[C@@H](CO)O2)c(=O)[nH]c1=O.N[C@@H](Cn1ccc(=O)c(O)c1)C(=O)O. The third-order valence-corrected chi connectivity index (χ3v) is 14.1. The van der Waals surface area contributed by atoms with E-state index in [-0.39, 0.29) is 49.5 Å². The van der Waals surface area contributed by atoms with Crippen molar-refractivity contribution in [1.29, 1.82) is 0 Å². The quantitative estimate of drug-likeness (QED) is 0.170. The van der Waals surface area contributed by atoms with E-state index >= 15 is 0 Å². The molecule has 308 valence electrons. The lowest BCUT2D eigenvalue weighted by molar-refractivity contribution is -0.216. The fraction of sp³-hybridized carbons (Fsp3) is 0.737. The van der Waals surface area contributed by atoms with E-state index in [4.69, 9.17) is 25.8 Å². The molecule has 17 heteroatoms. The van der Waals surface area contributed by atoms with Gasteiger partial charge in [0.05, 0.1) is 37.6 Å². The number of rotatable bonds is 7. The molecule has 2 aromatic heterocycles. The van der Waals surface area contributed by atoms with Crippen LogP contribution in [0.4, 0.5) is 0 Å². The van der Waals surface area contributed by atoms with Gasteiger partial charge in [0, 0.05) is 48.6 Å². The number of pyridine rings is 1.